The lowest BCUT2D eigenvalue weighted by Crippen LogP contribution is -2.21. The molecule has 0 spiro atoms. The molecule has 0 bridgehead atoms. The largest absolute Gasteiger partial charge is 0.483 e. The SMILES string of the molecule is C=CC(=O)C(C)Oc1ccc(CCC)cc1. The van der Waals surface area contributed by atoms with E-state index in [0.717, 1.165) is 18.6 Å². The lowest BCUT2D eigenvalue weighted by atomic mass is 10.1. The fourth-order valence-corrected chi connectivity index (χ4v) is 1.45. The molecule has 0 fully saturated rings. The van der Waals surface area contributed by atoms with Crippen LogP contribution in [0.4, 0.5) is 0 Å². The van der Waals surface area contributed by atoms with E-state index in [1.807, 2.05) is 24.3 Å². The Labute approximate surface area is 96.9 Å². The highest BCUT2D eigenvalue weighted by Crippen LogP contribution is 2.15. The summed E-state index contributed by atoms with van der Waals surface area (Å²) in [7, 11) is 0. The van der Waals surface area contributed by atoms with E-state index in [2.05, 4.69) is 13.5 Å². The second-order valence-corrected chi connectivity index (χ2v) is 3.76. The lowest BCUT2D eigenvalue weighted by molar-refractivity contribution is -0.120. The van der Waals surface area contributed by atoms with Crippen LogP contribution in [0, 0.1) is 0 Å². The minimum Gasteiger partial charge on any atom is -0.483 e. The van der Waals surface area contributed by atoms with Gasteiger partial charge in [-0.3, -0.25) is 4.79 Å². The van der Waals surface area contributed by atoms with E-state index in [-0.39, 0.29) is 5.78 Å². The highest BCUT2D eigenvalue weighted by molar-refractivity contribution is 5.92. The zero-order valence-electron chi connectivity index (χ0n) is 9.90. The van der Waals surface area contributed by atoms with E-state index >= 15 is 0 Å². The van der Waals surface area contributed by atoms with Crippen LogP contribution in [0.3, 0.4) is 0 Å². The number of rotatable bonds is 6. The van der Waals surface area contributed by atoms with Crippen LogP contribution in [0.2, 0.25) is 0 Å². The molecule has 0 saturated heterocycles. The van der Waals surface area contributed by atoms with Crippen LogP contribution in [0.25, 0.3) is 0 Å². The van der Waals surface area contributed by atoms with Gasteiger partial charge in [-0.1, -0.05) is 32.1 Å². The first-order valence-electron chi connectivity index (χ1n) is 5.59. The Kier molecular flexibility index (Phi) is 4.77. The van der Waals surface area contributed by atoms with Crippen molar-refractivity contribution in [2.45, 2.75) is 32.8 Å². The molecule has 86 valence electrons. The average molecular weight is 218 g/mol. The summed E-state index contributed by atoms with van der Waals surface area (Å²) in [6, 6.07) is 7.86. The van der Waals surface area contributed by atoms with Crippen molar-refractivity contribution in [2.75, 3.05) is 0 Å². The van der Waals surface area contributed by atoms with E-state index in [4.69, 9.17) is 4.74 Å². The molecule has 0 saturated carbocycles. The summed E-state index contributed by atoms with van der Waals surface area (Å²) >= 11 is 0. The lowest BCUT2D eigenvalue weighted by Gasteiger charge is -2.11. The van der Waals surface area contributed by atoms with Crippen molar-refractivity contribution in [1.82, 2.24) is 0 Å². The fourth-order valence-electron chi connectivity index (χ4n) is 1.45. The predicted molar refractivity (Wildman–Crippen MR) is 65.7 cm³/mol. The van der Waals surface area contributed by atoms with Crippen LogP contribution in [0.5, 0.6) is 5.75 Å². The van der Waals surface area contributed by atoms with Crippen LogP contribution in [0.15, 0.2) is 36.9 Å². The molecule has 0 aliphatic rings. The first-order valence-corrected chi connectivity index (χ1v) is 5.59. The summed E-state index contributed by atoms with van der Waals surface area (Å²) in [4.78, 5) is 11.2. The van der Waals surface area contributed by atoms with Gasteiger partial charge in [0, 0.05) is 0 Å². The summed E-state index contributed by atoms with van der Waals surface area (Å²) in [5.74, 6) is 0.625. The zero-order chi connectivity index (χ0) is 12.0. The third-order valence-corrected chi connectivity index (χ3v) is 2.38. The quantitative estimate of drug-likeness (QED) is 0.685. The minimum atomic E-state index is -0.463. The number of carbonyl (C=O) groups excluding carboxylic acids is 1. The van der Waals surface area contributed by atoms with Gasteiger partial charge in [-0.05, 0) is 37.1 Å². The Morgan fingerprint density at radius 2 is 2.06 bits per heavy atom. The zero-order valence-corrected chi connectivity index (χ0v) is 9.90. The highest BCUT2D eigenvalue weighted by Gasteiger charge is 2.10. The molecule has 1 aromatic rings. The molecule has 2 heteroatoms. The molecule has 0 amide bonds. The van der Waals surface area contributed by atoms with Crippen molar-refractivity contribution >= 4 is 5.78 Å². The standard InChI is InChI=1S/C14H18O2/c1-4-6-12-7-9-13(10-8-12)16-11(3)14(15)5-2/h5,7-11H,2,4,6H2,1,3H3. The van der Waals surface area contributed by atoms with Crippen LogP contribution in [0.1, 0.15) is 25.8 Å². The van der Waals surface area contributed by atoms with Crippen molar-refractivity contribution in [2.24, 2.45) is 0 Å². The van der Waals surface area contributed by atoms with Gasteiger partial charge in [-0.25, -0.2) is 0 Å². The van der Waals surface area contributed by atoms with Crippen molar-refractivity contribution < 1.29 is 9.53 Å². The van der Waals surface area contributed by atoms with Crippen LogP contribution in [-0.4, -0.2) is 11.9 Å². The smallest absolute Gasteiger partial charge is 0.195 e. The molecule has 0 aromatic heterocycles. The van der Waals surface area contributed by atoms with E-state index < -0.39 is 6.10 Å². The molecule has 1 rings (SSSR count). The van der Waals surface area contributed by atoms with Crippen molar-refractivity contribution in [3.8, 4) is 5.75 Å². The molecule has 1 unspecified atom stereocenters. The molecule has 1 aromatic carbocycles. The van der Waals surface area contributed by atoms with Gasteiger partial charge in [0.05, 0.1) is 0 Å². The van der Waals surface area contributed by atoms with Gasteiger partial charge in [0.15, 0.2) is 11.9 Å². The van der Waals surface area contributed by atoms with Crippen LogP contribution in [-0.2, 0) is 11.2 Å². The minimum absolute atomic E-state index is 0.0994. The van der Waals surface area contributed by atoms with E-state index in [1.54, 1.807) is 6.92 Å². The Morgan fingerprint density at radius 3 is 2.56 bits per heavy atom. The first-order chi connectivity index (χ1) is 7.67. The number of ketones is 1. The Hall–Kier alpha value is -1.57. The van der Waals surface area contributed by atoms with Gasteiger partial charge >= 0.3 is 0 Å². The van der Waals surface area contributed by atoms with Gasteiger partial charge in [0.2, 0.25) is 0 Å². The van der Waals surface area contributed by atoms with Crippen molar-refractivity contribution in [1.29, 1.82) is 0 Å². The fraction of sp³-hybridized carbons (Fsp3) is 0.357. The summed E-state index contributed by atoms with van der Waals surface area (Å²) in [5, 5.41) is 0. The topological polar surface area (TPSA) is 26.3 Å². The maximum absolute atomic E-state index is 11.2. The summed E-state index contributed by atoms with van der Waals surface area (Å²) in [5.41, 5.74) is 1.29. The normalized spacial score (nSPS) is 11.9. The molecule has 16 heavy (non-hydrogen) atoms. The number of carbonyl (C=O) groups is 1. The Balaban J connectivity index is 2.61. The molecule has 0 aliphatic heterocycles. The number of benzene rings is 1. The summed E-state index contributed by atoms with van der Waals surface area (Å²) < 4.78 is 5.48. The van der Waals surface area contributed by atoms with Gasteiger partial charge < -0.3 is 4.74 Å². The Bertz CT molecular complexity index is 352. The molecule has 0 N–H and O–H groups in total. The third kappa shape index (κ3) is 3.54. The third-order valence-electron chi connectivity index (χ3n) is 2.38. The second kappa shape index (κ2) is 6.11. The summed E-state index contributed by atoms with van der Waals surface area (Å²) in [6.07, 6.45) is 3.03. The van der Waals surface area contributed by atoms with E-state index in [0.29, 0.717) is 0 Å². The number of aryl methyl sites for hydroxylation is 1. The maximum Gasteiger partial charge on any atom is 0.195 e. The van der Waals surface area contributed by atoms with E-state index in [1.165, 1.54) is 11.6 Å². The van der Waals surface area contributed by atoms with Crippen LogP contribution >= 0.6 is 0 Å². The summed E-state index contributed by atoms with van der Waals surface area (Å²) in [6.45, 7) is 7.31. The monoisotopic (exact) mass is 218 g/mol. The molecule has 2 nitrogen and oxygen atoms in total. The van der Waals surface area contributed by atoms with Gasteiger partial charge in [0.25, 0.3) is 0 Å². The number of hydrogen-bond acceptors (Lipinski definition) is 2. The van der Waals surface area contributed by atoms with Crippen molar-refractivity contribution in [3.05, 3.63) is 42.5 Å². The molecule has 0 heterocycles. The second-order valence-electron chi connectivity index (χ2n) is 3.76. The maximum atomic E-state index is 11.2. The predicted octanol–water partition coefficient (Wildman–Crippen LogP) is 3.16. The highest BCUT2D eigenvalue weighted by atomic mass is 16.5. The van der Waals surface area contributed by atoms with Gasteiger partial charge in [-0.15, -0.1) is 0 Å². The van der Waals surface area contributed by atoms with Crippen molar-refractivity contribution in [3.63, 3.8) is 0 Å². The average Bonchev–Trinajstić information content (AvgIpc) is 2.31. The van der Waals surface area contributed by atoms with E-state index in [9.17, 15) is 4.79 Å². The van der Waals surface area contributed by atoms with Gasteiger partial charge in [-0.2, -0.15) is 0 Å². The van der Waals surface area contributed by atoms with Crippen LogP contribution < -0.4 is 4.74 Å². The molecule has 0 aliphatic carbocycles. The molecule has 0 radical (unpaired) electrons. The Morgan fingerprint density at radius 1 is 1.44 bits per heavy atom. The number of hydrogen-bond donors (Lipinski definition) is 0. The first kappa shape index (κ1) is 12.5. The molecular formula is C14H18O2. The molecular weight excluding hydrogens is 200 g/mol. The van der Waals surface area contributed by atoms with Gasteiger partial charge in [0.1, 0.15) is 5.75 Å². The number of ether oxygens (including phenoxy) is 1. The molecule has 1 atom stereocenters.